The van der Waals surface area contributed by atoms with E-state index in [1.54, 1.807) is 13.0 Å². The summed E-state index contributed by atoms with van der Waals surface area (Å²) in [6.07, 6.45) is -6.24. The quantitative estimate of drug-likeness (QED) is 0.652. The van der Waals surface area contributed by atoms with Crippen LogP contribution in [0.1, 0.15) is 12.6 Å². The minimum atomic E-state index is -4.69. The summed E-state index contributed by atoms with van der Waals surface area (Å²) in [5.74, 6) is -0.163. The van der Waals surface area contributed by atoms with Gasteiger partial charge in [-0.05, 0) is 26.1 Å². The van der Waals surface area contributed by atoms with E-state index in [-0.39, 0.29) is 31.3 Å². The van der Waals surface area contributed by atoms with E-state index in [4.69, 9.17) is 0 Å². The molecule has 0 N–H and O–H groups in total. The van der Waals surface area contributed by atoms with E-state index in [2.05, 4.69) is 15.0 Å². The number of anilines is 1. The third-order valence-electron chi connectivity index (χ3n) is 3.83. The van der Waals surface area contributed by atoms with Crippen LogP contribution in [0.25, 0.3) is 11.4 Å². The van der Waals surface area contributed by atoms with Crippen molar-refractivity contribution in [3.05, 3.63) is 36.3 Å². The van der Waals surface area contributed by atoms with E-state index in [0.29, 0.717) is 5.56 Å². The van der Waals surface area contributed by atoms with Gasteiger partial charge in [0.15, 0.2) is 11.5 Å². The molecule has 0 unspecified atom stereocenters. The number of halogens is 6. The van der Waals surface area contributed by atoms with Crippen LogP contribution in [0.15, 0.2) is 30.6 Å². The van der Waals surface area contributed by atoms with Crippen LogP contribution in [-0.2, 0) is 6.18 Å². The molecular formula is C17H19F6N5. The second-order valence-electron chi connectivity index (χ2n) is 6.11. The summed E-state index contributed by atoms with van der Waals surface area (Å²) in [7, 11) is 1.30. The van der Waals surface area contributed by atoms with Gasteiger partial charge >= 0.3 is 12.4 Å². The highest BCUT2D eigenvalue weighted by molar-refractivity contribution is 5.57. The van der Waals surface area contributed by atoms with Gasteiger partial charge in [-0.1, -0.05) is 0 Å². The van der Waals surface area contributed by atoms with Crippen LogP contribution in [-0.4, -0.2) is 59.3 Å². The zero-order valence-corrected chi connectivity index (χ0v) is 15.2. The molecule has 5 nitrogen and oxygen atoms in total. The number of pyridine rings is 1. The average molecular weight is 407 g/mol. The molecule has 2 rings (SSSR count). The van der Waals surface area contributed by atoms with Crippen molar-refractivity contribution in [1.29, 1.82) is 0 Å². The van der Waals surface area contributed by atoms with Crippen molar-refractivity contribution in [3.8, 4) is 11.4 Å². The van der Waals surface area contributed by atoms with Gasteiger partial charge in [-0.15, -0.1) is 0 Å². The molecule has 0 saturated carbocycles. The first-order chi connectivity index (χ1) is 13.0. The highest BCUT2D eigenvalue weighted by Crippen LogP contribution is 2.31. The molecule has 0 aliphatic carbocycles. The Labute approximate surface area is 158 Å². The Bertz CT molecular complexity index is 763. The highest BCUT2D eigenvalue weighted by atomic mass is 19.4. The lowest BCUT2D eigenvalue weighted by molar-refractivity contribution is -0.143. The van der Waals surface area contributed by atoms with Gasteiger partial charge in [0.25, 0.3) is 0 Å². The largest absolute Gasteiger partial charge is 0.433 e. The Hall–Kier alpha value is -2.43. The number of aromatic nitrogens is 3. The number of hydrogen-bond acceptors (Lipinski definition) is 5. The smallest absolute Gasteiger partial charge is 0.355 e. The van der Waals surface area contributed by atoms with Crippen LogP contribution in [0.4, 0.5) is 32.2 Å². The van der Waals surface area contributed by atoms with Gasteiger partial charge in [0.05, 0.1) is 6.54 Å². The summed E-state index contributed by atoms with van der Waals surface area (Å²) >= 11 is 0. The third-order valence-corrected chi connectivity index (χ3v) is 3.83. The molecule has 0 amide bonds. The maximum absolute atomic E-state index is 13.3. The maximum atomic E-state index is 13.3. The van der Waals surface area contributed by atoms with Crippen molar-refractivity contribution in [2.24, 2.45) is 0 Å². The van der Waals surface area contributed by atoms with E-state index in [1.807, 2.05) is 0 Å². The minimum absolute atomic E-state index is 0.000923. The summed E-state index contributed by atoms with van der Waals surface area (Å²) in [6, 6.07) is 3.87. The number of nitrogens with zero attached hydrogens (tertiary/aromatic N) is 5. The standard InChI is InChI=1S/C17H19F6N5/c1-3-28(8-7-27(2)11-16(18,19)20)14-9-13(17(21,22)23)25-15(26-14)12-5-4-6-24-10-12/h4-6,9-10H,3,7-8,11H2,1-2H3. The van der Waals surface area contributed by atoms with Crippen molar-refractivity contribution in [2.75, 3.05) is 38.1 Å². The summed E-state index contributed by atoms with van der Waals surface area (Å²) < 4.78 is 77.2. The molecule has 2 aromatic heterocycles. The molecule has 0 saturated heterocycles. The molecule has 0 bridgehead atoms. The van der Waals surface area contributed by atoms with E-state index in [1.165, 1.54) is 30.4 Å². The lowest BCUT2D eigenvalue weighted by atomic mass is 10.2. The fourth-order valence-corrected chi connectivity index (χ4v) is 2.48. The van der Waals surface area contributed by atoms with E-state index >= 15 is 0 Å². The van der Waals surface area contributed by atoms with E-state index < -0.39 is 24.6 Å². The zero-order chi connectivity index (χ0) is 20.9. The monoisotopic (exact) mass is 407 g/mol. The summed E-state index contributed by atoms with van der Waals surface area (Å²) in [5, 5.41) is 0. The van der Waals surface area contributed by atoms with Crippen molar-refractivity contribution in [2.45, 2.75) is 19.3 Å². The van der Waals surface area contributed by atoms with Gasteiger partial charge in [-0.25, -0.2) is 9.97 Å². The second-order valence-corrected chi connectivity index (χ2v) is 6.11. The molecule has 154 valence electrons. The fraction of sp³-hybridized carbons (Fsp3) is 0.471. The first kappa shape index (κ1) is 21.9. The molecule has 0 aliphatic heterocycles. The highest BCUT2D eigenvalue weighted by Gasteiger charge is 2.34. The number of rotatable bonds is 7. The summed E-state index contributed by atoms with van der Waals surface area (Å²) in [5.41, 5.74) is -0.821. The Balaban J connectivity index is 2.31. The maximum Gasteiger partial charge on any atom is 0.433 e. The van der Waals surface area contributed by atoms with Gasteiger partial charge in [0.2, 0.25) is 0 Å². The molecule has 0 radical (unpaired) electrons. The Morgan fingerprint density at radius 2 is 1.75 bits per heavy atom. The SMILES string of the molecule is CCN(CCN(C)CC(F)(F)F)c1cc(C(F)(F)F)nc(-c2cccnc2)n1. The van der Waals surface area contributed by atoms with Crippen LogP contribution in [0.3, 0.4) is 0 Å². The summed E-state index contributed by atoms with van der Waals surface area (Å²) in [6.45, 7) is 0.914. The predicted octanol–water partition coefficient (Wildman–Crippen LogP) is 3.88. The topological polar surface area (TPSA) is 45.2 Å². The fourth-order valence-electron chi connectivity index (χ4n) is 2.48. The molecule has 0 aliphatic rings. The average Bonchev–Trinajstić information content (AvgIpc) is 2.60. The zero-order valence-electron chi connectivity index (χ0n) is 15.2. The molecule has 2 heterocycles. The van der Waals surface area contributed by atoms with Gasteiger partial charge in [0, 0.05) is 43.7 Å². The molecule has 0 aromatic carbocycles. The lowest BCUT2D eigenvalue weighted by Gasteiger charge is -2.26. The van der Waals surface area contributed by atoms with Crippen LogP contribution in [0.2, 0.25) is 0 Å². The van der Waals surface area contributed by atoms with Crippen LogP contribution >= 0.6 is 0 Å². The summed E-state index contributed by atoms with van der Waals surface area (Å²) in [4.78, 5) is 14.1. The number of likely N-dealkylation sites (N-methyl/N-ethyl adjacent to an activating group) is 2. The third kappa shape index (κ3) is 6.32. The van der Waals surface area contributed by atoms with Gasteiger partial charge < -0.3 is 4.90 Å². The predicted molar refractivity (Wildman–Crippen MR) is 91.7 cm³/mol. The molecule has 28 heavy (non-hydrogen) atoms. The minimum Gasteiger partial charge on any atom is -0.355 e. The number of hydrogen-bond donors (Lipinski definition) is 0. The van der Waals surface area contributed by atoms with Crippen molar-refractivity contribution in [3.63, 3.8) is 0 Å². The Morgan fingerprint density at radius 3 is 2.29 bits per heavy atom. The molecule has 0 fully saturated rings. The first-order valence-corrected chi connectivity index (χ1v) is 8.36. The van der Waals surface area contributed by atoms with Crippen molar-refractivity contribution >= 4 is 5.82 Å². The normalized spacial score (nSPS) is 12.5. The van der Waals surface area contributed by atoms with E-state index in [9.17, 15) is 26.3 Å². The van der Waals surface area contributed by atoms with Gasteiger partial charge in [-0.3, -0.25) is 9.88 Å². The molecule has 0 atom stereocenters. The van der Waals surface area contributed by atoms with Crippen molar-refractivity contribution < 1.29 is 26.3 Å². The second kappa shape index (κ2) is 8.72. The van der Waals surface area contributed by atoms with Gasteiger partial charge in [-0.2, -0.15) is 26.3 Å². The molecular weight excluding hydrogens is 388 g/mol. The van der Waals surface area contributed by atoms with Crippen LogP contribution in [0, 0.1) is 0 Å². The van der Waals surface area contributed by atoms with Crippen molar-refractivity contribution in [1.82, 2.24) is 19.9 Å². The Kier molecular flexibility index (Phi) is 6.81. The lowest BCUT2D eigenvalue weighted by Crippen LogP contribution is -2.38. The molecule has 2 aromatic rings. The first-order valence-electron chi connectivity index (χ1n) is 8.36. The Morgan fingerprint density at radius 1 is 1.04 bits per heavy atom. The van der Waals surface area contributed by atoms with Gasteiger partial charge in [0.1, 0.15) is 5.82 Å². The van der Waals surface area contributed by atoms with E-state index in [0.717, 1.165) is 11.0 Å². The van der Waals surface area contributed by atoms with Crippen LogP contribution in [0.5, 0.6) is 0 Å². The van der Waals surface area contributed by atoms with Crippen LogP contribution < -0.4 is 4.90 Å². The molecule has 0 spiro atoms. The number of alkyl halides is 6. The molecule has 11 heteroatoms.